The fourth-order valence-corrected chi connectivity index (χ4v) is 2.64. The summed E-state index contributed by atoms with van der Waals surface area (Å²) in [6.45, 7) is 5.79. The average molecular weight is 325 g/mol. The first kappa shape index (κ1) is 19.1. The molecule has 0 aliphatic rings. The maximum atomic E-state index is 12.5. The van der Waals surface area contributed by atoms with Gasteiger partial charge in [0.05, 0.1) is 47.5 Å². The molecule has 0 bridgehead atoms. The summed E-state index contributed by atoms with van der Waals surface area (Å²) in [5.74, 6) is 1.29. The fourth-order valence-electron chi connectivity index (χ4n) is 2.64. The molecule has 0 unspecified atom stereocenters. The molecule has 0 radical (unpaired) electrons. The Balaban J connectivity index is 2.95. The van der Waals surface area contributed by atoms with Crippen molar-refractivity contribution in [3.05, 3.63) is 17.7 Å². The van der Waals surface area contributed by atoms with Crippen LogP contribution in [0.25, 0.3) is 0 Å². The highest BCUT2D eigenvalue weighted by Gasteiger charge is 2.24. The van der Waals surface area contributed by atoms with Crippen LogP contribution in [-0.2, 0) is 0 Å². The van der Waals surface area contributed by atoms with Crippen LogP contribution in [0.3, 0.4) is 0 Å². The number of ether oxygens (including phenoxy) is 3. The van der Waals surface area contributed by atoms with Gasteiger partial charge < -0.3 is 24.4 Å². The van der Waals surface area contributed by atoms with E-state index in [2.05, 4.69) is 33.3 Å². The molecule has 0 aromatic heterocycles. The highest BCUT2D eigenvalue weighted by atomic mass is 16.5. The van der Waals surface area contributed by atoms with Crippen molar-refractivity contribution >= 4 is 5.91 Å². The van der Waals surface area contributed by atoms with Crippen LogP contribution < -0.4 is 24.4 Å². The van der Waals surface area contributed by atoms with E-state index >= 15 is 0 Å². The Labute approximate surface area is 138 Å². The minimum atomic E-state index is -0.190. The molecule has 0 aliphatic heterocycles. The molecular weight excluding hydrogens is 296 g/mol. The highest BCUT2D eigenvalue weighted by Crippen LogP contribution is 2.34. The van der Waals surface area contributed by atoms with E-state index in [4.69, 9.17) is 14.2 Å². The Morgan fingerprint density at radius 1 is 1.04 bits per heavy atom. The van der Waals surface area contributed by atoms with Crippen LogP contribution in [0.2, 0.25) is 0 Å². The Morgan fingerprint density at radius 2 is 1.57 bits per heavy atom. The molecule has 0 atom stereocenters. The van der Waals surface area contributed by atoms with Crippen molar-refractivity contribution in [1.82, 2.24) is 5.32 Å². The normalized spacial score (nSPS) is 11.3. The van der Waals surface area contributed by atoms with E-state index in [9.17, 15) is 4.79 Å². The second kappa shape index (κ2) is 8.06. The lowest BCUT2D eigenvalue weighted by Gasteiger charge is -2.26. The van der Waals surface area contributed by atoms with Crippen LogP contribution in [0.5, 0.6) is 17.2 Å². The lowest BCUT2D eigenvalue weighted by Crippen LogP contribution is -3.07. The predicted molar refractivity (Wildman–Crippen MR) is 89.9 cm³/mol. The molecule has 0 spiro atoms. The summed E-state index contributed by atoms with van der Waals surface area (Å²) in [6.07, 6.45) is 0. The van der Waals surface area contributed by atoms with Crippen LogP contribution in [0.4, 0.5) is 0 Å². The molecule has 1 amide bonds. The lowest BCUT2D eigenvalue weighted by atomic mass is 9.93. The molecule has 1 aromatic carbocycles. The van der Waals surface area contributed by atoms with E-state index in [1.807, 2.05) is 0 Å². The monoisotopic (exact) mass is 325 g/mol. The number of amides is 1. The molecule has 0 aliphatic carbocycles. The minimum Gasteiger partial charge on any atom is -0.496 e. The molecule has 6 heteroatoms. The van der Waals surface area contributed by atoms with Crippen molar-refractivity contribution in [1.29, 1.82) is 0 Å². The third-order valence-corrected chi connectivity index (χ3v) is 3.51. The third-order valence-electron chi connectivity index (χ3n) is 3.51. The molecule has 2 N–H and O–H groups in total. The zero-order valence-electron chi connectivity index (χ0n) is 15.2. The van der Waals surface area contributed by atoms with Gasteiger partial charge in [-0.3, -0.25) is 4.79 Å². The van der Waals surface area contributed by atoms with E-state index in [0.717, 1.165) is 6.54 Å². The van der Waals surface area contributed by atoms with Crippen molar-refractivity contribution in [3.63, 3.8) is 0 Å². The predicted octanol–water partition coefficient (Wildman–Crippen LogP) is 0.613. The van der Waals surface area contributed by atoms with Gasteiger partial charge in [-0.2, -0.15) is 0 Å². The van der Waals surface area contributed by atoms with Crippen LogP contribution >= 0.6 is 0 Å². The molecule has 0 heterocycles. The minimum absolute atomic E-state index is 0.00170. The fraction of sp³-hybridized carbons (Fsp3) is 0.588. The Morgan fingerprint density at radius 3 is 2.04 bits per heavy atom. The van der Waals surface area contributed by atoms with Crippen molar-refractivity contribution in [3.8, 4) is 17.2 Å². The molecule has 0 saturated carbocycles. The molecule has 6 nitrogen and oxygen atoms in total. The number of nitrogens with one attached hydrogen (secondary N) is 2. The van der Waals surface area contributed by atoms with E-state index in [-0.39, 0.29) is 11.3 Å². The van der Waals surface area contributed by atoms with E-state index in [0.29, 0.717) is 29.4 Å². The number of methoxy groups -OCH3 is 3. The van der Waals surface area contributed by atoms with Crippen LogP contribution in [0.15, 0.2) is 12.1 Å². The molecule has 130 valence electrons. The average Bonchev–Trinajstić information content (AvgIpc) is 2.49. The summed E-state index contributed by atoms with van der Waals surface area (Å²) < 4.78 is 15.8. The van der Waals surface area contributed by atoms with Crippen molar-refractivity contribution in [2.45, 2.75) is 13.8 Å². The van der Waals surface area contributed by atoms with Gasteiger partial charge in [-0.15, -0.1) is 0 Å². The number of rotatable bonds is 8. The quantitative estimate of drug-likeness (QED) is 0.735. The van der Waals surface area contributed by atoms with Gasteiger partial charge in [0, 0.05) is 24.1 Å². The van der Waals surface area contributed by atoms with Gasteiger partial charge in [0.1, 0.15) is 5.75 Å². The topological polar surface area (TPSA) is 61.2 Å². The zero-order chi connectivity index (χ0) is 17.6. The third kappa shape index (κ3) is 5.32. The Kier molecular flexibility index (Phi) is 6.69. The number of benzene rings is 1. The van der Waals surface area contributed by atoms with E-state index < -0.39 is 0 Å². The highest BCUT2D eigenvalue weighted by molar-refractivity contribution is 5.97. The zero-order valence-corrected chi connectivity index (χ0v) is 15.2. The largest absolute Gasteiger partial charge is 0.496 e. The maximum absolute atomic E-state index is 12.5. The van der Waals surface area contributed by atoms with Gasteiger partial charge in [0.15, 0.2) is 11.5 Å². The molecule has 0 saturated heterocycles. The molecule has 1 aromatic rings. The van der Waals surface area contributed by atoms with Gasteiger partial charge in [0.25, 0.3) is 5.91 Å². The van der Waals surface area contributed by atoms with Crippen LogP contribution in [0.1, 0.15) is 24.2 Å². The van der Waals surface area contributed by atoms with E-state index in [1.54, 1.807) is 19.2 Å². The second-order valence-corrected chi connectivity index (χ2v) is 6.64. The number of carbonyl (C=O) groups excluding carboxylic acids is 1. The van der Waals surface area contributed by atoms with Gasteiger partial charge in [-0.05, 0) is 0 Å². The lowest BCUT2D eigenvalue weighted by molar-refractivity contribution is -0.865. The van der Waals surface area contributed by atoms with E-state index in [1.165, 1.54) is 19.1 Å². The Bertz CT molecular complexity index is 542. The van der Waals surface area contributed by atoms with Gasteiger partial charge >= 0.3 is 0 Å². The van der Waals surface area contributed by atoms with Crippen molar-refractivity contribution in [2.24, 2.45) is 5.41 Å². The van der Waals surface area contributed by atoms with Gasteiger partial charge in [-0.1, -0.05) is 13.8 Å². The van der Waals surface area contributed by atoms with Crippen LogP contribution in [0, 0.1) is 5.41 Å². The first-order valence-electron chi connectivity index (χ1n) is 7.61. The number of quaternary nitrogens is 1. The first-order valence-corrected chi connectivity index (χ1v) is 7.61. The standard InChI is InChI=1S/C17H28N2O4/c1-17(2,11-19(3)4)10-18-16(20)12-8-14(22-6)15(23-7)9-13(12)21-5/h8-9H,10-11H2,1-7H3,(H,18,20)/p+1. The summed E-state index contributed by atoms with van der Waals surface area (Å²) in [6, 6.07) is 3.29. The van der Waals surface area contributed by atoms with Crippen molar-refractivity contribution < 1.29 is 23.9 Å². The van der Waals surface area contributed by atoms with Crippen molar-refractivity contribution in [2.75, 3.05) is 48.5 Å². The number of hydrogen-bond donors (Lipinski definition) is 2. The van der Waals surface area contributed by atoms with Gasteiger partial charge in [0.2, 0.25) is 0 Å². The second-order valence-electron chi connectivity index (χ2n) is 6.64. The molecule has 0 fully saturated rings. The number of carbonyl (C=O) groups is 1. The van der Waals surface area contributed by atoms with Crippen LogP contribution in [-0.4, -0.2) is 54.4 Å². The first-order chi connectivity index (χ1) is 10.7. The smallest absolute Gasteiger partial charge is 0.255 e. The Hall–Kier alpha value is -1.95. The molecular formula is C17H29N2O4+. The maximum Gasteiger partial charge on any atom is 0.255 e. The molecule has 23 heavy (non-hydrogen) atoms. The summed E-state index contributed by atoms with van der Waals surface area (Å²) in [5.41, 5.74) is 0.427. The molecule has 1 rings (SSSR count). The summed E-state index contributed by atoms with van der Waals surface area (Å²) in [5, 5.41) is 2.98. The summed E-state index contributed by atoms with van der Waals surface area (Å²) >= 11 is 0. The number of hydrogen-bond acceptors (Lipinski definition) is 4. The summed E-state index contributed by atoms with van der Waals surface area (Å²) in [4.78, 5) is 13.9. The summed E-state index contributed by atoms with van der Waals surface area (Å²) in [7, 11) is 8.80. The van der Waals surface area contributed by atoms with Gasteiger partial charge in [-0.25, -0.2) is 0 Å². The SMILES string of the molecule is COc1cc(OC)c(C(=O)NCC(C)(C)C[NH+](C)C)cc1OC.